The van der Waals surface area contributed by atoms with E-state index in [1.54, 1.807) is 32.4 Å². The Labute approximate surface area is 215 Å². The smallest absolute Gasteiger partial charge is 0.234 e. The van der Waals surface area contributed by atoms with Crippen LogP contribution >= 0.6 is 11.8 Å². The van der Waals surface area contributed by atoms with Gasteiger partial charge in [0.1, 0.15) is 11.5 Å². The third-order valence-electron chi connectivity index (χ3n) is 5.67. The van der Waals surface area contributed by atoms with Crippen molar-refractivity contribution in [3.8, 4) is 28.6 Å². The number of carbonyl (C=O) groups is 1. The molecule has 0 unspecified atom stereocenters. The molecule has 8 heteroatoms. The van der Waals surface area contributed by atoms with Gasteiger partial charge < -0.3 is 14.8 Å². The van der Waals surface area contributed by atoms with Gasteiger partial charge >= 0.3 is 0 Å². The lowest BCUT2D eigenvalue weighted by atomic mass is 9.87. The lowest BCUT2D eigenvalue weighted by molar-refractivity contribution is -0.113. The molecule has 0 bridgehead atoms. The standard InChI is InChI=1S/C28H30N4O3S/c1-28(2,3)20-13-11-19(12-14-20)26-30-31-27(32(26)21-9-7-6-8-10-21)36-18-25(33)29-23-16-15-22(34-4)17-24(23)35-5/h6-17H,18H2,1-5H3,(H,29,33). The zero-order chi connectivity index (χ0) is 25.7. The molecule has 7 nitrogen and oxygen atoms in total. The van der Waals surface area contributed by atoms with Crippen molar-refractivity contribution in [3.05, 3.63) is 78.4 Å². The predicted octanol–water partition coefficient (Wildman–Crippen LogP) is 5.98. The third kappa shape index (κ3) is 5.71. The van der Waals surface area contributed by atoms with Crippen molar-refractivity contribution in [2.45, 2.75) is 31.3 Å². The van der Waals surface area contributed by atoms with Crippen LogP contribution in [0.4, 0.5) is 5.69 Å². The first-order chi connectivity index (χ1) is 17.3. The lowest BCUT2D eigenvalue weighted by Gasteiger charge is -2.19. The first-order valence-corrected chi connectivity index (χ1v) is 12.5. The fourth-order valence-corrected chi connectivity index (χ4v) is 4.45. The summed E-state index contributed by atoms with van der Waals surface area (Å²) in [5, 5.41) is 12.5. The molecule has 0 fully saturated rings. The van der Waals surface area contributed by atoms with Crippen LogP contribution in [0.5, 0.6) is 11.5 Å². The number of rotatable bonds is 8. The summed E-state index contributed by atoms with van der Waals surface area (Å²) < 4.78 is 12.6. The highest BCUT2D eigenvalue weighted by Crippen LogP contribution is 2.31. The maximum absolute atomic E-state index is 12.8. The molecule has 0 saturated heterocycles. The summed E-state index contributed by atoms with van der Waals surface area (Å²) in [5.41, 5.74) is 3.77. The van der Waals surface area contributed by atoms with Gasteiger partial charge in [0.25, 0.3) is 0 Å². The summed E-state index contributed by atoms with van der Waals surface area (Å²) in [6, 6.07) is 23.6. The summed E-state index contributed by atoms with van der Waals surface area (Å²) >= 11 is 1.33. The highest BCUT2D eigenvalue weighted by atomic mass is 32.2. The van der Waals surface area contributed by atoms with E-state index in [9.17, 15) is 4.79 Å². The van der Waals surface area contributed by atoms with E-state index in [1.165, 1.54) is 17.3 Å². The molecule has 0 radical (unpaired) electrons. The molecule has 36 heavy (non-hydrogen) atoms. The number of anilines is 1. The number of methoxy groups -OCH3 is 2. The number of hydrogen-bond donors (Lipinski definition) is 1. The second-order valence-electron chi connectivity index (χ2n) is 9.21. The molecule has 0 atom stereocenters. The Morgan fingerprint density at radius 1 is 0.944 bits per heavy atom. The largest absolute Gasteiger partial charge is 0.497 e. The Bertz CT molecular complexity index is 1330. The van der Waals surface area contributed by atoms with E-state index in [-0.39, 0.29) is 17.1 Å². The van der Waals surface area contributed by atoms with Gasteiger partial charge in [-0.05, 0) is 35.2 Å². The number of ether oxygens (including phenoxy) is 2. The molecular weight excluding hydrogens is 472 g/mol. The number of benzene rings is 3. The molecule has 1 N–H and O–H groups in total. The van der Waals surface area contributed by atoms with Gasteiger partial charge in [-0.15, -0.1) is 10.2 Å². The highest BCUT2D eigenvalue weighted by Gasteiger charge is 2.19. The molecule has 186 valence electrons. The van der Waals surface area contributed by atoms with E-state index in [1.807, 2.05) is 34.9 Å². The normalized spacial score (nSPS) is 11.2. The molecule has 1 aromatic heterocycles. The van der Waals surface area contributed by atoms with Gasteiger partial charge in [-0.25, -0.2) is 0 Å². The van der Waals surface area contributed by atoms with Gasteiger partial charge in [0.15, 0.2) is 11.0 Å². The van der Waals surface area contributed by atoms with Crippen molar-refractivity contribution >= 4 is 23.4 Å². The van der Waals surface area contributed by atoms with Crippen LogP contribution in [0.25, 0.3) is 17.1 Å². The molecule has 4 aromatic rings. The van der Waals surface area contributed by atoms with E-state index in [4.69, 9.17) is 9.47 Å². The minimum Gasteiger partial charge on any atom is -0.497 e. The maximum atomic E-state index is 12.8. The first-order valence-electron chi connectivity index (χ1n) is 11.6. The van der Waals surface area contributed by atoms with Crippen LogP contribution in [0.15, 0.2) is 78.0 Å². The average Bonchev–Trinajstić information content (AvgIpc) is 3.32. The molecule has 1 amide bonds. The number of thioether (sulfide) groups is 1. The van der Waals surface area contributed by atoms with Crippen molar-refractivity contribution < 1.29 is 14.3 Å². The van der Waals surface area contributed by atoms with Gasteiger partial charge in [-0.2, -0.15) is 0 Å². The minimum absolute atomic E-state index is 0.0621. The highest BCUT2D eigenvalue weighted by molar-refractivity contribution is 7.99. The number of nitrogens with one attached hydrogen (secondary N) is 1. The Kier molecular flexibility index (Phi) is 7.64. The summed E-state index contributed by atoms with van der Waals surface area (Å²) in [7, 11) is 3.14. The number of amides is 1. The van der Waals surface area contributed by atoms with Gasteiger partial charge in [0.2, 0.25) is 5.91 Å². The van der Waals surface area contributed by atoms with Crippen molar-refractivity contribution in [2.75, 3.05) is 25.3 Å². The maximum Gasteiger partial charge on any atom is 0.234 e. The van der Waals surface area contributed by atoms with Crippen molar-refractivity contribution in [3.63, 3.8) is 0 Å². The van der Waals surface area contributed by atoms with E-state index < -0.39 is 0 Å². The van der Waals surface area contributed by atoms with E-state index in [0.717, 1.165) is 17.1 Å². The van der Waals surface area contributed by atoms with Gasteiger partial charge in [0.05, 0.1) is 25.7 Å². The van der Waals surface area contributed by atoms with Gasteiger partial charge in [-0.1, -0.05) is 75.0 Å². The average molecular weight is 503 g/mol. The first kappa shape index (κ1) is 25.3. The number of carbonyl (C=O) groups excluding carboxylic acids is 1. The van der Waals surface area contributed by atoms with Crippen LogP contribution in [-0.2, 0) is 10.2 Å². The van der Waals surface area contributed by atoms with Crippen LogP contribution in [-0.4, -0.2) is 40.6 Å². The SMILES string of the molecule is COc1ccc(NC(=O)CSc2nnc(-c3ccc(C(C)(C)C)cc3)n2-c2ccccc2)c(OC)c1. The number of nitrogens with zero attached hydrogens (tertiary/aromatic N) is 3. The van der Waals surface area contributed by atoms with Crippen LogP contribution in [0.2, 0.25) is 0 Å². The Morgan fingerprint density at radius 2 is 1.67 bits per heavy atom. The topological polar surface area (TPSA) is 78.3 Å². The molecule has 0 aliphatic rings. The van der Waals surface area contributed by atoms with Crippen LogP contribution in [0.1, 0.15) is 26.3 Å². The monoisotopic (exact) mass is 502 g/mol. The summed E-state index contributed by atoms with van der Waals surface area (Å²) in [6.07, 6.45) is 0. The molecule has 4 rings (SSSR count). The number of para-hydroxylation sites is 1. The number of aromatic nitrogens is 3. The van der Waals surface area contributed by atoms with E-state index >= 15 is 0 Å². The van der Waals surface area contributed by atoms with Gasteiger partial charge in [0, 0.05) is 17.3 Å². The molecule has 1 heterocycles. The van der Waals surface area contributed by atoms with Crippen molar-refractivity contribution in [1.29, 1.82) is 0 Å². The van der Waals surface area contributed by atoms with Crippen LogP contribution in [0.3, 0.4) is 0 Å². The third-order valence-corrected chi connectivity index (χ3v) is 6.60. The molecule has 3 aromatic carbocycles. The zero-order valence-corrected chi connectivity index (χ0v) is 21.9. The Balaban J connectivity index is 1.58. The molecule has 0 saturated carbocycles. The van der Waals surface area contributed by atoms with E-state index in [0.29, 0.717) is 22.3 Å². The Hall–Kier alpha value is -3.78. The lowest BCUT2D eigenvalue weighted by Crippen LogP contribution is -2.15. The molecular formula is C28H30N4O3S. The van der Waals surface area contributed by atoms with Gasteiger partial charge in [-0.3, -0.25) is 9.36 Å². The minimum atomic E-state index is -0.179. The molecule has 0 spiro atoms. The van der Waals surface area contributed by atoms with E-state index in [2.05, 4.69) is 60.6 Å². The summed E-state index contributed by atoms with van der Waals surface area (Å²) in [5.74, 6) is 1.88. The second kappa shape index (κ2) is 10.9. The number of hydrogen-bond acceptors (Lipinski definition) is 6. The fourth-order valence-electron chi connectivity index (χ4n) is 3.70. The predicted molar refractivity (Wildman–Crippen MR) is 144 cm³/mol. The van der Waals surface area contributed by atoms with Crippen LogP contribution in [0, 0.1) is 0 Å². The van der Waals surface area contributed by atoms with Crippen molar-refractivity contribution in [1.82, 2.24) is 14.8 Å². The quantitative estimate of drug-likeness (QED) is 0.299. The molecule has 0 aliphatic heterocycles. The fraction of sp³-hybridized carbons (Fsp3) is 0.250. The molecule has 0 aliphatic carbocycles. The summed E-state index contributed by atoms with van der Waals surface area (Å²) in [6.45, 7) is 6.57. The zero-order valence-electron chi connectivity index (χ0n) is 21.1. The second-order valence-corrected chi connectivity index (χ2v) is 10.2. The van der Waals surface area contributed by atoms with Crippen molar-refractivity contribution in [2.24, 2.45) is 0 Å². The van der Waals surface area contributed by atoms with Crippen LogP contribution < -0.4 is 14.8 Å². The summed E-state index contributed by atoms with van der Waals surface area (Å²) in [4.78, 5) is 12.8. The Morgan fingerprint density at radius 3 is 2.31 bits per heavy atom.